The highest BCUT2D eigenvalue weighted by Crippen LogP contribution is 2.19. The highest BCUT2D eigenvalue weighted by atomic mass is 35.5. The van der Waals surface area contributed by atoms with Gasteiger partial charge in [-0.2, -0.15) is 0 Å². The Morgan fingerprint density at radius 1 is 1.39 bits per heavy atom. The monoisotopic (exact) mass is 381 g/mol. The molecule has 1 fully saturated rings. The highest BCUT2D eigenvalue weighted by Gasteiger charge is 2.29. The molecular weight excluding hydrogens is 358 g/mol. The van der Waals surface area contributed by atoms with Crippen LogP contribution in [0.3, 0.4) is 0 Å². The van der Waals surface area contributed by atoms with Crippen molar-refractivity contribution < 1.29 is 13.2 Å². The molecule has 23 heavy (non-hydrogen) atoms. The maximum Gasteiger partial charge on any atom is 0.250 e. The van der Waals surface area contributed by atoms with E-state index in [4.69, 9.17) is 5.73 Å². The fourth-order valence-electron chi connectivity index (χ4n) is 2.42. The number of likely N-dealkylation sites (tertiary alicyclic amines) is 1. The summed E-state index contributed by atoms with van der Waals surface area (Å²) in [6, 6.07) is 3.01. The molecule has 2 unspecified atom stereocenters. The molecule has 1 aliphatic rings. The van der Waals surface area contributed by atoms with Gasteiger partial charge in [-0.1, -0.05) is 13.0 Å². The first kappa shape index (κ1) is 20.4. The number of nitrogens with one attached hydrogen (secondary N) is 1. The molecule has 2 rings (SSSR count). The van der Waals surface area contributed by atoms with Gasteiger partial charge in [0, 0.05) is 25.2 Å². The standard InChI is InChI=1S/C14H23N3O3S2.ClH/c1-10(11(2)15)14(18)17-7-5-12(6-8-17)16-22(19,20)13-4-3-9-21-13;/h3-4,9-12,16H,5-8,15H2,1-2H3;1H. The maximum absolute atomic E-state index is 12.2. The number of hydrogen-bond acceptors (Lipinski definition) is 5. The van der Waals surface area contributed by atoms with Crippen LogP contribution in [0.5, 0.6) is 0 Å². The molecular formula is C14H24ClN3O3S2. The summed E-state index contributed by atoms with van der Waals surface area (Å²) < 4.78 is 27.4. The fourth-order valence-corrected chi connectivity index (χ4v) is 4.74. The summed E-state index contributed by atoms with van der Waals surface area (Å²) in [6.45, 7) is 4.78. The van der Waals surface area contributed by atoms with E-state index in [1.807, 2.05) is 13.8 Å². The molecule has 0 bridgehead atoms. The van der Waals surface area contributed by atoms with Crippen LogP contribution in [0.15, 0.2) is 21.7 Å². The van der Waals surface area contributed by atoms with Crippen molar-refractivity contribution in [1.29, 1.82) is 0 Å². The summed E-state index contributed by atoms with van der Waals surface area (Å²) >= 11 is 1.20. The Kier molecular flexibility index (Phi) is 7.47. The summed E-state index contributed by atoms with van der Waals surface area (Å²) in [6.07, 6.45) is 1.25. The lowest BCUT2D eigenvalue weighted by molar-refractivity contribution is -0.136. The molecule has 0 saturated carbocycles. The molecule has 1 aliphatic heterocycles. The number of carbonyl (C=O) groups is 1. The van der Waals surface area contributed by atoms with Crippen LogP contribution < -0.4 is 10.5 Å². The first-order valence-electron chi connectivity index (χ1n) is 7.41. The number of nitrogens with two attached hydrogens (primary N) is 1. The predicted molar refractivity (Wildman–Crippen MR) is 94.3 cm³/mol. The number of halogens is 1. The predicted octanol–water partition coefficient (Wildman–Crippen LogP) is 1.42. The zero-order chi connectivity index (χ0) is 16.3. The van der Waals surface area contributed by atoms with Gasteiger partial charge >= 0.3 is 0 Å². The molecule has 1 aromatic heterocycles. The van der Waals surface area contributed by atoms with Gasteiger partial charge in [-0.05, 0) is 31.2 Å². The van der Waals surface area contributed by atoms with Crippen molar-refractivity contribution in [2.75, 3.05) is 13.1 Å². The smallest absolute Gasteiger partial charge is 0.250 e. The second kappa shape index (κ2) is 8.43. The van der Waals surface area contributed by atoms with E-state index in [0.717, 1.165) is 0 Å². The van der Waals surface area contributed by atoms with Crippen molar-refractivity contribution in [3.63, 3.8) is 0 Å². The van der Waals surface area contributed by atoms with Gasteiger partial charge in [0.25, 0.3) is 0 Å². The van der Waals surface area contributed by atoms with E-state index in [1.165, 1.54) is 11.3 Å². The zero-order valence-corrected chi connectivity index (χ0v) is 15.7. The molecule has 1 saturated heterocycles. The lowest BCUT2D eigenvalue weighted by Crippen LogP contribution is -2.49. The minimum Gasteiger partial charge on any atom is -0.342 e. The molecule has 6 nitrogen and oxygen atoms in total. The average Bonchev–Trinajstić information content (AvgIpc) is 3.01. The quantitative estimate of drug-likeness (QED) is 0.806. The first-order valence-corrected chi connectivity index (χ1v) is 9.77. The minimum absolute atomic E-state index is 0. The van der Waals surface area contributed by atoms with E-state index in [1.54, 1.807) is 22.4 Å². The summed E-state index contributed by atoms with van der Waals surface area (Å²) in [5.41, 5.74) is 5.77. The summed E-state index contributed by atoms with van der Waals surface area (Å²) in [4.78, 5) is 14.0. The van der Waals surface area contributed by atoms with Gasteiger partial charge in [0.15, 0.2) is 0 Å². The highest BCUT2D eigenvalue weighted by molar-refractivity contribution is 7.91. The van der Waals surface area contributed by atoms with Crippen LogP contribution in [0.25, 0.3) is 0 Å². The third kappa shape index (κ3) is 5.15. The largest absolute Gasteiger partial charge is 0.342 e. The molecule has 2 atom stereocenters. The minimum atomic E-state index is -3.44. The molecule has 3 N–H and O–H groups in total. The van der Waals surface area contributed by atoms with Crippen LogP contribution in [0.4, 0.5) is 0 Å². The van der Waals surface area contributed by atoms with E-state index in [0.29, 0.717) is 30.1 Å². The van der Waals surface area contributed by atoms with Crippen molar-refractivity contribution in [2.24, 2.45) is 11.7 Å². The topological polar surface area (TPSA) is 92.5 Å². The van der Waals surface area contributed by atoms with Gasteiger partial charge < -0.3 is 10.6 Å². The Morgan fingerprint density at radius 3 is 2.48 bits per heavy atom. The number of thiophene rings is 1. The van der Waals surface area contributed by atoms with E-state index in [9.17, 15) is 13.2 Å². The number of piperidine rings is 1. The van der Waals surface area contributed by atoms with E-state index in [-0.39, 0.29) is 36.3 Å². The molecule has 0 radical (unpaired) electrons. The van der Waals surface area contributed by atoms with Gasteiger partial charge in [-0.15, -0.1) is 23.7 Å². The summed E-state index contributed by atoms with van der Waals surface area (Å²) in [5, 5.41) is 1.74. The van der Waals surface area contributed by atoms with Crippen molar-refractivity contribution in [3.8, 4) is 0 Å². The van der Waals surface area contributed by atoms with Crippen LogP contribution in [0, 0.1) is 5.92 Å². The van der Waals surface area contributed by atoms with Crippen molar-refractivity contribution >= 4 is 39.7 Å². The molecule has 0 aliphatic carbocycles. The van der Waals surface area contributed by atoms with Gasteiger partial charge in [0.05, 0.1) is 5.92 Å². The Balaban J connectivity index is 0.00000264. The Morgan fingerprint density at radius 2 is 2.00 bits per heavy atom. The second-order valence-corrected chi connectivity index (χ2v) is 8.69. The molecule has 1 aromatic rings. The molecule has 0 spiro atoms. The third-order valence-corrected chi connectivity index (χ3v) is 6.98. The normalized spacial score (nSPS) is 19.0. The number of nitrogens with zero attached hydrogens (tertiary/aromatic N) is 1. The summed E-state index contributed by atoms with van der Waals surface area (Å²) in [5.74, 6) is -0.158. The lowest BCUT2D eigenvalue weighted by Gasteiger charge is -2.34. The van der Waals surface area contributed by atoms with Crippen LogP contribution in [-0.2, 0) is 14.8 Å². The molecule has 2 heterocycles. The van der Waals surface area contributed by atoms with Gasteiger partial charge in [-0.3, -0.25) is 4.79 Å². The van der Waals surface area contributed by atoms with Gasteiger partial charge in [-0.25, -0.2) is 13.1 Å². The SMILES string of the molecule is CC(N)C(C)C(=O)N1CCC(NS(=O)(=O)c2cccs2)CC1.Cl. The first-order chi connectivity index (χ1) is 10.3. The van der Waals surface area contributed by atoms with Gasteiger partial charge in [0.1, 0.15) is 4.21 Å². The number of rotatable bonds is 5. The lowest BCUT2D eigenvalue weighted by atomic mass is 10.00. The number of carbonyl (C=O) groups excluding carboxylic acids is 1. The van der Waals surface area contributed by atoms with E-state index >= 15 is 0 Å². The molecule has 9 heteroatoms. The van der Waals surface area contributed by atoms with E-state index in [2.05, 4.69) is 4.72 Å². The zero-order valence-electron chi connectivity index (χ0n) is 13.3. The van der Waals surface area contributed by atoms with Crippen molar-refractivity contribution in [3.05, 3.63) is 17.5 Å². The average molecular weight is 382 g/mol. The molecule has 0 aromatic carbocycles. The number of amides is 1. The maximum atomic E-state index is 12.2. The van der Waals surface area contributed by atoms with Crippen LogP contribution in [-0.4, -0.2) is 44.4 Å². The Labute approximate surface area is 147 Å². The van der Waals surface area contributed by atoms with Crippen molar-refractivity contribution in [2.45, 2.75) is 43.0 Å². The Hall–Kier alpha value is -0.670. The number of hydrogen-bond donors (Lipinski definition) is 2. The summed E-state index contributed by atoms with van der Waals surface area (Å²) in [7, 11) is -3.44. The second-order valence-electron chi connectivity index (χ2n) is 5.80. The van der Waals surface area contributed by atoms with Crippen molar-refractivity contribution in [1.82, 2.24) is 9.62 Å². The van der Waals surface area contributed by atoms with Gasteiger partial charge in [0.2, 0.25) is 15.9 Å². The molecule has 1 amide bonds. The third-order valence-electron chi connectivity index (χ3n) is 4.07. The Bertz CT molecular complexity index is 597. The fraction of sp³-hybridized carbons (Fsp3) is 0.643. The van der Waals surface area contributed by atoms with Crippen LogP contribution >= 0.6 is 23.7 Å². The number of sulfonamides is 1. The van der Waals surface area contributed by atoms with Crippen LogP contribution in [0.1, 0.15) is 26.7 Å². The molecule has 132 valence electrons. The van der Waals surface area contributed by atoms with E-state index < -0.39 is 10.0 Å². The van der Waals surface area contributed by atoms with Crippen LogP contribution in [0.2, 0.25) is 0 Å².